The van der Waals surface area contributed by atoms with Crippen LogP contribution in [0.25, 0.3) is 5.65 Å². The number of hydrogen-bond donors (Lipinski definition) is 1. The maximum Gasteiger partial charge on any atom is 0.453 e. The molecule has 0 unspecified atom stereocenters. The van der Waals surface area contributed by atoms with Gasteiger partial charge in [-0.15, -0.1) is 15.3 Å². The molecule has 30 heavy (non-hydrogen) atoms. The Morgan fingerprint density at radius 3 is 2.40 bits per heavy atom. The summed E-state index contributed by atoms with van der Waals surface area (Å²) in [7, 11) is 0. The highest BCUT2D eigenvalue weighted by molar-refractivity contribution is 5.68. The summed E-state index contributed by atoms with van der Waals surface area (Å²) in [5.74, 6) is -0.789. The van der Waals surface area contributed by atoms with Gasteiger partial charge >= 0.3 is 12.3 Å². The molecule has 0 atom stereocenters. The number of carbonyl (C=O) groups is 1. The predicted molar refractivity (Wildman–Crippen MR) is 103 cm³/mol. The van der Waals surface area contributed by atoms with Gasteiger partial charge in [0.2, 0.25) is 0 Å². The van der Waals surface area contributed by atoms with Gasteiger partial charge in [0.1, 0.15) is 11.4 Å². The first-order valence-electron chi connectivity index (χ1n) is 9.59. The highest BCUT2D eigenvalue weighted by Crippen LogP contribution is 2.28. The lowest BCUT2D eigenvalue weighted by molar-refractivity contribution is -0.146. The summed E-state index contributed by atoms with van der Waals surface area (Å²) >= 11 is 0. The fourth-order valence-electron chi connectivity index (χ4n) is 2.78. The van der Waals surface area contributed by atoms with E-state index in [4.69, 9.17) is 9.84 Å². The lowest BCUT2D eigenvalue weighted by Crippen LogP contribution is -2.39. The number of aliphatic hydroxyl groups excluding tert-OH is 1. The zero-order valence-corrected chi connectivity index (χ0v) is 17.5. The number of alkyl halides is 3. The summed E-state index contributed by atoms with van der Waals surface area (Å²) in [5, 5.41) is 18.3. The molecule has 1 N–H and O–H groups in total. The molecule has 3 heterocycles. The predicted octanol–water partition coefficient (Wildman–Crippen LogP) is 2.59. The van der Waals surface area contributed by atoms with Crippen LogP contribution in [0.5, 0.6) is 0 Å². The number of nitrogens with zero attached hydrogens (tertiary/aromatic N) is 6. The molecule has 1 aliphatic rings. The van der Waals surface area contributed by atoms with Gasteiger partial charge in [-0.2, -0.15) is 17.7 Å². The van der Waals surface area contributed by atoms with Crippen LogP contribution in [0.4, 0.5) is 23.8 Å². The van der Waals surface area contributed by atoms with Gasteiger partial charge in [-0.3, -0.25) is 0 Å². The highest BCUT2D eigenvalue weighted by Gasteiger charge is 2.38. The van der Waals surface area contributed by atoms with E-state index in [-0.39, 0.29) is 12.3 Å². The molecular formula is C18H27F3N6O3. The van der Waals surface area contributed by atoms with Crippen LogP contribution in [-0.2, 0) is 10.9 Å². The van der Waals surface area contributed by atoms with E-state index < -0.39 is 23.7 Å². The molecule has 2 aromatic heterocycles. The average molecular weight is 432 g/mol. The number of fused-ring (bicyclic) bond motifs is 1. The number of carbonyl (C=O) groups excluding carboxylic acids is 1. The molecule has 0 bridgehead atoms. The van der Waals surface area contributed by atoms with Crippen LogP contribution in [0.1, 0.15) is 39.9 Å². The first kappa shape index (κ1) is 23.6. The van der Waals surface area contributed by atoms with Gasteiger partial charge in [0.25, 0.3) is 5.82 Å². The molecule has 0 radical (unpaired) electrons. The summed E-state index contributed by atoms with van der Waals surface area (Å²) in [6.07, 6.45) is -4.39. The average Bonchev–Trinajstić information content (AvgIpc) is 2.89. The lowest BCUT2D eigenvalue weighted by Gasteiger charge is -2.26. The van der Waals surface area contributed by atoms with Gasteiger partial charge in [0.05, 0.1) is 0 Å². The number of anilines is 1. The Hall–Kier alpha value is -2.63. The minimum atomic E-state index is -4.64. The molecular weight excluding hydrogens is 405 g/mol. The zero-order valence-electron chi connectivity index (χ0n) is 17.5. The summed E-state index contributed by atoms with van der Waals surface area (Å²) in [4.78, 5) is 15.7. The van der Waals surface area contributed by atoms with Crippen molar-refractivity contribution in [1.82, 2.24) is 24.7 Å². The number of aromatic nitrogens is 4. The van der Waals surface area contributed by atoms with Crippen molar-refractivity contribution in [3.05, 3.63) is 18.0 Å². The van der Waals surface area contributed by atoms with Crippen LogP contribution in [0, 0.1) is 0 Å². The first-order valence-corrected chi connectivity index (χ1v) is 9.59. The van der Waals surface area contributed by atoms with E-state index in [9.17, 15) is 18.0 Å². The summed E-state index contributed by atoms with van der Waals surface area (Å²) in [6.45, 7) is 9.21. The quantitative estimate of drug-likeness (QED) is 0.740. The van der Waals surface area contributed by atoms with E-state index >= 15 is 0 Å². The van der Waals surface area contributed by atoms with Crippen LogP contribution in [0.2, 0.25) is 0 Å². The Morgan fingerprint density at radius 1 is 1.13 bits per heavy atom. The Bertz CT molecular complexity index is 850. The third kappa shape index (κ3) is 6.18. The monoisotopic (exact) mass is 432 g/mol. The molecule has 0 aliphatic carbocycles. The first-order chi connectivity index (χ1) is 14.0. The Labute approximate surface area is 172 Å². The van der Waals surface area contributed by atoms with E-state index in [1.807, 2.05) is 4.90 Å². The Kier molecular flexibility index (Phi) is 7.45. The SMILES string of the molecule is CC(C)(C)OC(=O)N1CCCN(c2ccc3nnc(C(F)(F)F)n3n2)CC1.CCO. The van der Waals surface area contributed by atoms with E-state index in [0.29, 0.717) is 42.9 Å². The number of halogens is 3. The second kappa shape index (κ2) is 9.45. The third-order valence-electron chi connectivity index (χ3n) is 3.97. The Balaban J connectivity index is 0.00000101. The van der Waals surface area contributed by atoms with Gasteiger partial charge in [-0.05, 0) is 46.2 Å². The topological polar surface area (TPSA) is 96.1 Å². The third-order valence-corrected chi connectivity index (χ3v) is 3.97. The van der Waals surface area contributed by atoms with Gasteiger partial charge < -0.3 is 19.6 Å². The van der Waals surface area contributed by atoms with Crippen LogP contribution >= 0.6 is 0 Å². The molecule has 0 saturated carbocycles. The number of rotatable bonds is 1. The molecule has 3 rings (SSSR count). The van der Waals surface area contributed by atoms with E-state index in [1.54, 1.807) is 38.7 Å². The standard InChI is InChI=1S/C16H21F3N6O2.C2H6O/c1-15(2,3)27-14(26)24-8-4-7-23(9-10-24)12-6-5-11-20-21-13(16(17,18)19)25(11)22-12;1-2-3/h5-6H,4,7-10H2,1-3H3;3H,2H2,1H3. The van der Waals surface area contributed by atoms with Crippen molar-refractivity contribution in [2.45, 2.75) is 45.9 Å². The van der Waals surface area contributed by atoms with E-state index in [0.717, 1.165) is 0 Å². The van der Waals surface area contributed by atoms with Crippen LogP contribution in [-0.4, -0.2) is 74.3 Å². The molecule has 9 nitrogen and oxygen atoms in total. The second-order valence-electron chi connectivity index (χ2n) is 7.61. The van der Waals surface area contributed by atoms with Crippen molar-refractivity contribution in [2.24, 2.45) is 0 Å². The minimum Gasteiger partial charge on any atom is -0.444 e. The molecule has 0 aromatic carbocycles. The molecule has 12 heteroatoms. The maximum atomic E-state index is 13.0. The maximum absolute atomic E-state index is 13.0. The highest BCUT2D eigenvalue weighted by atomic mass is 19.4. The van der Waals surface area contributed by atoms with Crippen molar-refractivity contribution in [3.8, 4) is 0 Å². The molecule has 1 saturated heterocycles. The lowest BCUT2D eigenvalue weighted by atomic mass is 10.2. The largest absolute Gasteiger partial charge is 0.453 e. The number of ether oxygens (including phenoxy) is 1. The van der Waals surface area contributed by atoms with Crippen molar-refractivity contribution >= 4 is 17.6 Å². The van der Waals surface area contributed by atoms with Crippen LogP contribution < -0.4 is 4.90 Å². The van der Waals surface area contributed by atoms with Crippen molar-refractivity contribution in [3.63, 3.8) is 0 Å². The fourth-order valence-corrected chi connectivity index (χ4v) is 2.78. The van der Waals surface area contributed by atoms with E-state index in [2.05, 4.69) is 15.3 Å². The molecule has 2 aromatic rings. The van der Waals surface area contributed by atoms with Gasteiger partial charge in [0, 0.05) is 32.8 Å². The number of aliphatic hydroxyl groups is 1. The number of hydrogen-bond acceptors (Lipinski definition) is 7. The van der Waals surface area contributed by atoms with Crippen molar-refractivity contribution < 1.29 is 27.8 Å². The fraction of sp³-hybridized carbons (Fsp3) is 0.667. The summed E-state index contributed by atoms with van der Waals surface area (Å²) in [6, 6.07) is 3.05. The Morgan fingerprint density at radius 2 is 1.80 bits per heavy atom. The number of amides is 1. The minimum absolute atomic E-state index is 0.0243. The van der Waals surface area contributed by atoms with Gasteiger partial charge in [0.15, 0.2) is 5.65 Å². The molecule has 1 amide bonds. The molecule has 1 aliphatic heterocycles. The van der Waals surface area contributed by atoms with Gasteiger partial charge in [-0.25, -0.2) is 4.79 Å². The van der Waals surface area contributed by atoms with Crippen LogP contribution in [0.3, 0.4) is 0 Å². The van der Waals surface area contributed by atoms with E-state index in [1.165, 1.54) is 6.07 Å². The molecule has 0 spiro atoms. The second-order valence-corrected chi connectivity index (χ2v) is 7.61. The van der Waals surface area contributed by atoms with Crippen molar-refractivity contribution in [1.29, 1.82) is 0 Å². The summed E-state index contributed by atoms with van der Waals surface area (Å²) in [5.41, 5.74) is -0.561. The van der Waals surface area contributed by atoms with Crippen molar-refractivity contribution in [2.75, 3.05) is 37.7 Å². The van der Waals surface area contributed by atoms with Crippen LogP contribution in [0.15, 0.2) is 12.1 Å². The zero-order chi connectivity index (χ0) is 22.5. The molecule has 168 valence electrons. The molecule has 1 fully saturated rings. The summed E-state index contributed by atoms with van der Waals surface area (Å²) < 4.78 is 45.2. The van der Waals surface area contributed by atoms with Gasteiger partial charge in [-0.1, -0.05) is 0 Å². The smallest absolute Gasteiger partial charge is 0.444 e. The normalized spacial score (nSPS) is 15.5.